The number of imide groups is 1. The fourth-order valence-electron chi connectivity index (χ4n) is 5.95. The molecule has 5 aromatic rings. The largest absolute Gasteiger partial charge is 0.494 e. The van der Waals surface area contributed by atoms with Crippen molar-refractivity contribution in [1.29, 1.82) is 0 Å². The van der Waals surface area contributed by atoms with E-state index in [1.807, 2.05) is 91.0 Å². The summed E-state index contributed by atoms with van der Waals surface area (Å²) < 4.78 is 11.6. The Morgan fingerprint density at radius 3 is 1.81 bits per heavy atom. The fourth-order valence-corrected chi connectivity index (χ4v) is 5.95. The van der Waals surface area contributed by atoms with Crippen LogP contribution in [0.4, 0.5) is 5.69 Å². The topological polar surface area (TPSA) is 88.7 Å². The molecule has 7 rings (SSSR count). The third kappa shape index (κ3) is 13.7. The molecule has 1 fully saturated rings. The highest BCUT2D eigenvalue weighted by atomic mass is 16.5. The number of rotatable bonds is 13. The molecule has 0 radical (unpaired) electrons. The number of anilines is 1. The van der Waals surface area contributed by atoms with Crippen molar-refractivity contribution in [3.8, 4) is 11.5 Å². The van der Waals surface area contributed by atoms with Crippen molar-refractivity contribution >= 4 is 17.5 Å². The van der Waals surface area contributed by atoms with Crippen LogP contribution >= 0.6 is 0 Å². The zero-order valence-electron chi connectivity index (χ0n) is 30.0. The van der Waals surface area contributed by atoms with Crippen LogP contribution in [0.25, 0.3) is 0 Å². The second kappa shape index (κ2) is 21.7. The summed E-state index contributed by atoms with van der Waals surface area (Å²) in [6.45, 7) is 3.01. The van der Waals surface area contributed by atoms with Gasteiger partial charge in [0.15, 0.2) is 0 Å². The first kappa shape index (κ1) is 37.8. The van der Waals surface area contributed by atoms with Crippen molar-refractivity contribution < 1.29 is 19.1 Å². The molecule has 0 bridgehead atoms. The van der Waals surface area contributed by atoms with E-state index >= 15 is 0 Å². The minimum atomic E-state index is -0.392. The van der Waals surface area contributed by atoms with E-state index in [9.17, 15) is 9.59 Å². The van der Waals surface area contributed by atoms with Gasteiger partial charge in [-0.2, -0.15) is 0 Å². The number of hydrogen-bond donors (Lipinski definition) is 3. The number of hydrogen-bond acceptors (Lipinski definition) is 6. The molecule has 1 atom stereocenters. The van der Waals surface area contributed by atoms with Gasteiger partial charge in [0.25, 0.3) is 0 Å². The summed E-state index contributed by atoms with van der Waals surface area (Å²) in [5.74, 6) is 1.18. The van der Waals surface area contributed by atoms with Crippen molar-refractivity contribution in [3.63, 3.8) is 0 Å². The number of aryl methyl sites for hydroxylation is 2. The number of carbonyl (C=O) groups is 2. The molecule has 52 heavy (non-hydrogen) atoms. The fraction of sp³-hybridized carbons (Fsp3) is 0.289. The SMILES string of the molecule is O=C1CCC(Nc2ccc(OCc3ccc(CNCCCCOc4ccccc4)cc3)cc2)C(=O)N1.c1ccc2c(c1)CCCC2.c1ccccc1. The Kier molecular flexibility index (Phi) is 15.8. The lowest BCUT2D eigenvalue weighted by Gasteiger charge is -2.22. The molecule has 1 aliphatic carbocycles. The Morgan fingerprint density at radius 2 is 1.17 bits per heavy atom. The van der Waals surface area contributed by atoms with Gasteiger partial charge in [-0.3, -0.25) is 14.9 Å². The predicted octanol–water partition coefficient (Wildman–Crippen LogP) is 8.68. The van der Waals surface area contributed by atoms with Crippen molar-refractivity contribution in [2.45, 2.75) is 70.6 Å². The van der Waals surface area contributed by atoms with Crippen LogP contribution in [0.2, 0.25) is 0 Å². The summed E-state index contributed by atoms with van der Waals surface area (Å²) in [4.78, 5) is 23.2. The first-order valence-electron chi connectivity index (χ1n) is 18.5. The molecule has 1 heterocycles. The summed E-state index contributed by atoms with van der Waals surface area (Å²) >= 11 is 0. The highest BCUT2D eigenvalue weighted by Gasteiger charge is 2.26. The number of piperidine rings is 1. The number of para-hydroxylation sites is 1. The van der Waals surface area contributed by atoms with Gasteiger partial charge in [-0.15, -0.1) is 0 Å². The lowest BCUT2D eigenvalue weighted by Crippen LogP contribution is -2.47. The third-order valence-electron chi connectivity index (χ3n) is 8.88. The molecule has 1 unspecified atom stereocenters. The molecule has 2 aliphatic rings. The van der Waals surface area contributed by atoms with E-state index in [0.29, 0.717) is 19.4 Å². The lowest BCUT2D eigenvalue weighted by molar-refractivity contribution is -0.133. The van der Waals surface area contributed by atoms with Crippen molar-refractivity contribution in [2.24, 2.45) is 0 Å². The molecular formula is C45H51N3O4. The van der Waals surface area contributed by atoms with Gasteiger partial charge >= 0.3 is 0 Å². The van der Waals surface area contributed by atoms with Gasteiger partial charge in [-0.05, 0) is 110 Å². The first-order chi connectivity index (χ1) is 25.6. The van der Waals surface area contributed by atoms with Crippen LogP contribution in [0.3, 0.4) is 0 Å². The Morgan fingerprint density at radius 1 is 0.596 bits per heavy atom. The van der Waals surface area contributed by atoms with Crippen molar-refractivity contribution in [2.75, 3.05) is 18.5 Å². The number of benzene rings is 5. The normalized spacial score (nSPS) is 14.7. The lowest BCUT2D eigenvalue weighted by atomic mass is 9.92. The van der Waals surface area contributed by atoms with E-state index in [1.165, 1.54) is 31.2 Å². The smallest absolute Gasteiger partial charge is 0.249 e. The highest BCUT2D eigenvalue weighted by Crippen LogP contribution is 2.21. The second-order valence-electron chi connectivity index (χ2n) is 13.0. The van der Waals surface area contributed by atoms with Gasteiger partial charge in [0.05, 0.1) is 6.61 Å². The molecule has 0 saturated carbocycles. The van der Waals surface area contributed by atoms with E-state index in [1.54, 1.807) is 11.1 Å². The summed E-state index contributed by atoms with van der Waals surface area (Å²) in [5.41, 5.74) is 6.31. The summed E-state index contributed by atoms with van der Waals surface area (Å²) in [7, 11) is 0. The quantitative estimate of drug-likeness (QED) is 0.0843. The Hall–Kier alpha value is -5.40. The molecule has 5 aromatic carbocycles. The van der Waals surface area contributed by atoms with Gasteiger partial charge in [0.2, 0.25) is 11.8 Å². The Labute approximate surface area is 308 Å². The Balaban J connectivity index is 0.000000264. The van der Waals surface area contributed by atoms with Crippen molar-refractivity contribution in [3.05, 3.63) is 162 Å². The first-order valence-corrected chi connectivity index (χ1v) is 18.5. The van der Waals surface area contributed by atoms with E-state index in [-0.39, 0.29) is 11.8 Å². The predicted molar refractivity (Wildman–Crippen MR) is 209 cm³/mol. The minimum absolute atomic E-state index is 0.216. The summed E-state index contributed by atoms with van der Waals surface area (Å²) in [6, 6.07) is 46.2. The maximum absolute atomic E-state index is 11.9. The molecule has 1 saturated heterocycles. The molecular weight excluding hydrogens is 647 g/mol. The second-order valence-corrected chi connectivity index (χ2v) is 13.0. The van der Waals surface area contributed by atoms with Crippen LogP contribution < -0.4 is 25.4 Å². The van der Waals surface area contributed by atoms with Gasteiger partial charge < -0.3 is 20.1 Å². The Bertz CT molecular complexity index is 1690. The zero-order valence-corrected chi connectivity index (χ0v) is 30.0. The standard InChI is InChI=1S/C29H33N3O4.C10H12.C6H6/c33-28-17-16-27(29(34)32-28)31-24-12-14-26(15-13-24)36-21-23-10-8-22(9-11-23)20-30-18-4-5-19-35-25-6-2-1-3-7-25;1-2-6-10-8-4-3-7-9(10)5-1;1-2-4-6-5-3-1/h1-3,6-15,27,30-31H,4-5,16-21H2,(H,32,33,34);1-2,5-6H,3-4,7-8H2;1-6H. The molecule has 270 valence electrons. The number of carbonyl (C=O) groups excluding carboxylic acids is 2. The van der Waals surface area contributed by atoms with Crippen LogP contribution in [0.1, 0.15) is 60.8 Å². The number of unbranched alkanes of at least 4 members (excludes halogenated alkanes) is 1. The molecule has 0 spiro atoms. The van der Waals surface area contributed by atoms with Gasteiger partial charge in [0, 0.05) is 18.7 Å². The molecule has 7 heteroatoms. The van der Waals surface area contributed by atoms with Crippen LogP contribution in [-0.2, 0) is 35.6 Å². The van der Waals surface area contributed by atoms with E-state index < -0.39 is 6.04 Å². The number of amides is 2. The summed E-state index contributed by atoms with van der Waals surface area (Å²) in [5, 5.41) is 9.00. The van der Waals surface area contributed by atoms with Crippen molar-refractivity contribution in [1.82, 2.24) is 10.6 Å². The summed E-state index contributed by atoms with van der Waals surface area (Å²) in [6.07, 6.45) is 8.31. The number of ether oxygens (including phenoxy) is 2. The van der Waals surface area contributed by atoms with Gasteiger partial charge in [-0.25, -0.2) is 0 Å². The molecule has 7 nitrogen and oxygen atoms in total. The number of fused-ring (bicyclic) bond motifs is 1. The average Bonchev–Trinajstić information content (AvgIpc) is 3.20. The van der Waals surface area contributed by atoms with E-state index in [2.05, 4.69) is 64.5 Å². The van der Waals surface area contributed by atoms with Gasteiger partial charge in [0.1, 0.15) is 24.1 Å². The van der Waals surface area contributed by atoms with Gasteiger partial charge in [-0.1, -0.05) is 103 Å². The molecule has 3 N–H and O–H groups in total. The minimum Gasteiger partial charge on any atom is -0.494 e. The van der Waals surface area contributed by atoms with E-state index in [0.717, 1.165) is 55.3 Å². The molecule has 0 aromatic heterocycles. The number of nitrogens with one attached hydrogen (secondary N) is 3. The highest BCUT2D eigenvalue weighted by molar-refractivity contribution is 6.01. The molecule has 1 aliphatic heterocycles. The molecule has 2 amide bonds. The van der Waals surface area contributed by atoms with Crippen LogP contribution in [0, 0.1) is 0 Å². The zero-order chi connectivity index (χ0) is 36.1. The maximum atomic E-state index is 11.9. The van der Waals surface area contributed by atoms with E-state index in [4.69, 9.17) is 9.47 Å². The monoisotopic (exact) mass is 697 g/mol. The maximum Gasteiger partial charge on any atom is 0.249 e. The van der Waals surface area contributed by atoms with Crippen LogP contribution in [0.15, 0.2) is 140 Å². The third-order valence-corrected chi connectivity index (χ3v) is 8.88. The average molecular weight is 698 g/mol. The van der Waals surface area contributed by atoms with Crippen LogP contribution in [0.5, 0.6) is 11.5 Å². The van der Waals surface area contributed by atoms with Crippen LogP contribution in [-0.4, -0.2) is 31.0 Å².